The van der Waals surface area contributed by atoms with E-state index in [-0.39, 0.29) is 0 Å². The van der Waals surface area contributed by atoms with Gasteiger partial charge in [0, 0.05) is 0 Å². The van der Waals surface area contributed by atoms with Crippen LogP contribution in [0.1, 0.15) is 83.1 Å². The second kappa shape index (κ2) is 17.0. The van der Waals surface area contributed by atoms with Gasteiger partial charge in [-0.05, 0) is 0 Å². The Hall–Kier alpha value is 1.06. The molecule has 156 valence electrons. The quantitative estimate of drug-likeness (QED) is 0.289. The molecule has 0 nitrogen and oxygen atoms in total. The van der Waals surface area contributed by atoms with Gasteiger partial charge in [0.2, 0.25) is 0 Å². The average Bonchev–Trinajstić information content (AvgIpc) is 2.33. The van der Waals surface area contributed by atoms with Gasteiger partial charge in [-0.15, -0.1) is 0 Å². The van der Waals surface area contributed by atoms with E-state index >= 15 is 0 Å². The number of hydrogen-bond acceptors (Lipinski definition) is 0. The van der Waals surface area contributed by atoms with Gasteiger partial charge >= 0.3 is 0 Å². The largest absolute Gasteiger partial charge is 0.262 e. The third-order valence-electron chi connectivity index (χ3n) is 4.83. The van der Waals surface area contributed by atoms with Gasteiger partial charge in [0.25, 0.3) is 28.3 Å². The highest BCUT2D eigenvalue weighted by Crippen LogP contribution is 2.22. The molecule has 0 radical (unpaired) electrons. The van der Waals surface area contributed by atoms with Gasteiger partial charge in [-0.3, -0.25) is 0 Å². The van der Waals surface area contributed by atoms with Crippen LogP contribution in [0.5, 0.6) is 0 Å². The molecule has 0 fully saturated rings. The van der Waals surface area contributed by atoms with E-state index in [1.807, 2.05) is 0 Å². The minimum atomic E-state index is -0.407. The lowest BCUT2D eigenvalue weighted by Gasteiger charge is -2.18. The molecule has 2 heteroatoms. The zero-order chi connectivity index (χ0) is 20.9. The van der Waals surface area contributed by atoms with Crippen LogP contribution in [0, 0.1) is 35.5 Å². The van der Waals surface area contributed by atoms with Crippen molar-refractivity contribution in [1.82, 2.24) is 0 Å². The molecule has 0 N–H and O–H groups in total. The van der Waals surface area contributed by atoms with Crippen molar-refractivity contribution >= 4 is 28.3 Å². The molecule has 0 rings (SSSR count). The predicted molar refractivity (Wildman–Crippen MR) is 129 cm³/mol. The first-order valence-electron chi connectivity index (χ1n) is 11.8. The van der Waals surface area contributed by atoms with Crippen molar-refractivity contribution in [2.45, 2.75) is 115 Å². The molecule has 0 aliphatic rings. The Labute approximate surface area is 178 Å². The van der Waals surface area contributed by atoms with Crippen LogP contribution in [0.2, 0.25) is 31.7 Å². The molecule has 0 unspecified atom stereocenters. The van der Waals surface area contributed by atoms with Crippen LogP contribution in [0.15, 0.2) is 0 Å². The summed E-state index contributed by atoms with van der Waals surface area (Å²) in [6.07, 6.45) is 0. The maximum Gasteiger partial charge on any atom is 0.262 e. The van der Waals surface area contributed by atoms with Crippen molar-refractivity contribution in [2.24, 2.45) is 35.5 Å². The Morgan fingerprint density at radius 3 is 0.500 bits per heavy atom. The minimum absolute atomic E-state index is 0.407. The highest BCUT2D eigenvalue weighted by Gasteiger charge is 2.21. The van der Waals surface area contributed by atoms with Crippen LogP contribution in [0.25, 0.3) is 0 Å². The fraction of sp³-hybridized carbons (Fsp3) is 1.00. The van der Waals surface area contributed by atoms with Gasteiger partial charge in [0.05, 0.1) is 0 Å². The van der Waals surface area contributed by atoms with Crippen molar-refractivity contribution in [1.29, 1.82) is 0 Å². The van der Waals surface area contributed by atoms with Crippen molar-refractivity contribution in [3.05, 3.63) is 0 Å². The fourth-order valence-corrected chi connectivity index (χ4v) is 13.7. The Kier molecular flexibility index (Phi) is 19.1. The summed E-state index contributed by atoms with van der Waals surface area (Å²) in [6, 6.07) is 0. The Morgan fingerprint density at radius 1 is 0.308 bits per heavy atom. The van der Waals surface area contributed by atoms with Gasteiger partial charge in [-0.1, -0.05) is 150 Å². The topological polar surface area (TPSA) is 0 Å². The van der Waals surface area contributed by atoms with Crippen molar-refractivity contribution in [2.75, 3.05) is 0 Å². The smallest absolute Gasteiger partial charge is 0.0915 e. The molecule has 0 aromatic rings. The molecule has 0 heterocycles. The average molecular weight is 397 g/mol. The molecular weight excluding hydrogens is 342 g/mol. The molecule has 0 aromatic carbocycles. The van der Waals surface area contributed by atoms with E-state index in [1.165, 1.54) is 0 Å². The first-order chi connectivity index (χ1) is 11.8. The highest BCUT2D eigenvalue weighted by molar-refractivity contribution is 6.59. The van der Waals surface area contributed by atoms with Crippen LogP contribution in [0.3, 0.4) is 0 Å². The summed E-state index contributed by atoms with van der Waals surface area (Å²) >= 11 is -0.815. The molecule has 0 aliphatic carbocycles. The fourth-order valence-electron chi connectivity index (χ4n) is 4.58. The predicted octanol–water partition coefficient (Wildman–Crippen LogP) is 8.90. The van der Waals surface area contributed by atoms with Gasteiger partial charge in [0.15, 0.2) is 0 Å². The standard InChI is InChI=1S/6C4H9.2Al/c6*1-4(2)3;;/h6*4H,1H2,2-3H3;;. The van der Waals surface area contributed by atoms with Crippen LogP contribution in [-0.2, 0) is 0 Å². The summed E-state index contributed by atoms with van der Waals surface area (Å²) in [5.41, 5.74) is 0. The van der Waals surface area contributed by atoms with Gasteiger partial charge in [-0.25, -0.2) is 0 Å². The van der Waals surface area contributed by atoms with E-state index in [2.05, 4.69) is 83.1 Å². The lowest BCUT2D eigenvalue weighted by atomic mass is 10.2. The van der Waals surface area contributed by atoms with Crippen molar-refractivity contribution < 1.29 is 0 Å². The molecule has 0 saturated carbocycles. The van der Waals surface area contributed by atoms with E-state index in [4.69, 9.17) is 0 Å². The monoisotopic (exact) mass is 396 g/mol. The molecule has 26 heavy (non-hydrogen) atoms. The number of hydrogen-bond donors (Lipinski definition) is 0. The molecule has 0 bridgehead atoms. The Morgan fingerprint density at radius 2 is 0.423 bits per heavy atom. The summed E-state index contributed by atoms with van der Waals surface area (Å²) in [4.78, 5) is 0. The first kappa shape index (κ1) is 29.3. The third-order valence-corrected chi connectivity index (χ3v) is 14.5. The molecule has 0 saturated heterocycles. The molecule has 0 aliphatic heterocycles. The van der Waals surface area contributed by atoms with Crippen molar-refractivity contribution in [3.63, 3.8) is 0 Å². The Balaban J connectivity index is 0. The molecular formula is C24H54Al2. The van der Waals surface area contributed by atoms with Gasteiger partial charge < -0.3 is 0 Å². The maximum atomic E-state index is 2.38. The summed E-state index contributed by atoms with van der Waals surface area (Å²) in [6.45, 7) is 28.5. The summed E-state index contributed by atoms with van der Waals surface area (Å²) in [5, 5.41) is 9.31. The van der Waals surface area contributed by atoms with Gasteiger partial charge in [0.1, 0.15) is 0 Å². The highest BCUT2D eigenvalue weighted by atomic mass is 27.2. The van der Waals surface area contributed by atoms with Crippen LogP contribution in [-0.4, -0.2) is 28.3 Å². The van der Waals surface area contributed by atoms with E-state index in [0.29, 0.717) is 0 Å². The first-order valence-corrected chi connectivity index (χ1v) is 16.7. The third kappa shape index (κ3) is 23.1. The molecule has 0 amide bonds. The van der Waals surface area contributed by atoms with Crippen LogP contribution >= 0.6 is 0 Å². The van der Waals surface area contributed by atoms with E-state index in [0.717, 1.165) is 35.5 Å². The number of rotatable bonds is 12. The van der Waals surface area contributed by atoms with E-state index in [1.54, 1.807) is 31.7 Å². The minimum Gasteiger partial charge on any atom is -0.0915 e. The zero-order valence-corrected chi connectivity index (χ0v) is 23.2. The molecule has 0 spiro atoms. The summed E-state index contributed by atoms with van der Waals surface area (Å²) < 4.78 is 0. The summed E-state index contributed by atoms with van der Waals surface area (Å²) in [7, 11) is 0. The van der Waals surface area contributed by atoms with Crippen LogP contribution < -0.4 is 0 Å². The molecule has 0 atom stereocenters. The second-order valence-electron chi connectivity index (χ2n) is 11.5. The van der Waals surface area contributed by atoms with Gasteiger partial charge in [-0.2, -0.15) is 0 Å². The SMILES string of the molecule is CC(C)[CH2][Al]([CH2]C(C)C)[CH2]C(C)C.CC(C)[CH2][Al]([CH2]C(C)C)[CH2]C(C)C. The zero-order valence-electron chi connectivity index (χ0n) is 20.9. The molecule has 0 aromatic heterocycles. The van der Waals surface area contributed by atoms with E-state index in [9.17, 15) is 0 Å². The summed E-state index contributed by atoms with van der Waals surface area (Å²) in [5.74, 6) is 5.55. The lowest BCUT2D eigenvalue weighted by molar-refractivity contribution is 0.659. The lowest BCUT2D eigenvalue weighted by Crippen LogP contribution is -2.19. The second-order valence-corrected chi connectivity index (χ2v) is 17.8. The normalized spacial score (nSPS) is 11.8. The van der Waals surface area contributed by atoms with Crippen LogP contribution in [0.4, 0.5) is 0 Å². The Bertz CT molecular complexity index is 215. The van der Waals surface area contributed by atoms with E-state index < -0.39 is 28.3 Å². The van der Waals surface area contributed by atoms with Crippen molar-refractivity contribution in [3.8, 4) is 0 Å². The maximum absolute atomic E-state index is 2.38.